The van der Waals surface area contributed by atoms with E-state index in [-0.39, 0.29) is 0 Å². The lowest BCUT2D eigenvalue weighted by Gasteiger charge is -2.59. The van der Waals surface area contributed by atoms with Crippen LogP contribution in [0.4, 0.5) is 0 Å². The highest BCUT2D eigenvalue weighted by Crippen LogP contribution is 2.64. The minimum absolute atomic E-state index is 0.304. The Kier molecular flexibility index (Phi) is 3.32. The molecule has 0 aromatic rings. The zero-order valence-electron chi connectivity index (χ0n) is 14.5. The largest absolute Gasteiger partial charge is 0.103 e. The normalized spacial score (nSPS) is 45.3. The quantitative estimate of drug-likeness (QED) is 0.495. The van der Waals surface area contributed by atoms with Crippen molar-refractivity contribution in [2.24, 2.45) is 28.1 Å². The second-order valence-corrected chi connectivity index (χ2v) is 9.00. The maximum absolute atomic E-state index is 4.40. The van der Waals surface area contributed by atoms with E-state index in [1.807, 2.05) is 0 Å². The molecule has 116 valence electrons. The van der Waals surface area contributed by atoms with Gasteiger partial charge in [0, 0.05) is 0 Å². The van der Waals surface area contributed by atoms with Crippen molar-refractivity contribution in [2.45, 2.75) is 66.2 Å². The molecule has 3 rings (SSSR count). The van der Waals surface area contributed by atoms with E-state index in [4.69, 9.17) is 0 Å². The second kappa shape index (κ2) is 4.61. The van der Waals surface area contributed by atoms with Crippen LogP contribution in [0.25, 0.3) is 0 Å². The standard InChI is InChI=1S/C21H32/c1-7-20(5)12-11-17-16(14-20)8-9-18-19(3,4)15(2)10-13-21(17,18)6/h7,11,16,18H,1-2,8-10,12-14H2,3-6H3/t16?,18?,20-,21+/m0/s1. The van der Waals surface area contributed by atoms with Crippen LogP contribution in [-0.2, 0) is 0 Å². The Labute approximate surface area is 131 Å². The predicted octanol–water partition coefficient (Wildman–Crippen LogP) is 6.31. The third-order valence-corrected chi connectivity index (χ3v) is 7.39. The van der Waals surface area contributed by atoms with Crippen molar-refractivity contribution in [1.29, 1.82) is 0 Å². The first-order valence-corrected chi connectivity index (χ1v) is 8.75. The lowest BCUT2D eigenvalue weighted by atomic mass is 9.45. The Bertz CT molecular complexity index is 506. The molecule has 3 aliphatic rings. The molecule has 0 nitrogen and oxygen atoms in total. The van der Waals surface area contributed by atoms with Gasteiger partial charge in [-0.15, -0.1) is 6.58 Å². The van der Waals surface area contributed by atoms with Gasteiger partial charge in [-0.25, -0.2) is 0 Å². The van der Waals surface area contributed by atoms with Gasteiger partial charge >= 0.3 is 0 Å². The van der Waals surface area contributed by atoms with E-state index in [0.717, 1.165) is 11.8 Å². The van der Waals surface area contributed by atoms with Crippen LogP contribution in [0.3, 0.4) is 0 Å². The highest BCUT2D eigenvalue weighted by Gasteiger charge is 2.54. The van der Waals surface area contributed by atoms with Gasteiger partial charge in [-0.2, -0.15) is 0 Å². The molecule has 0 aliphatic heterocycles. The third kappa shape index (κ3) is 2.09. The molecule has 2 unspecified atom stereocenters. The van der Waals surface area contributed by atoms with Gasteiger partial charge in [-0.3, -0.25) is 0 Å². The predicted molar refractivity (Wildman–Crippen MR) is 92.1 cm³/mol. The number of rotatable bonds is 1. The SMILES string of the molecule is C=C[C@@]1(C)CC=C2C(CCC3C(C)(C)C(=C)CC[C@]23C)C1. The summed E-state index contributed by atoms with van der Waals surface area (Å²) in [6.07, 6.45) is 12.6. The molecule has 4 atom stereocenters. The van der Waals surface area contributed by atoms with Crippen LogP contribution < -0.4 is 0 Å². The summed E-state index contributed by atoms with van der Waals surface area (Å²) in [5, 5.41) is 0. The van der Waals surface area contributed by atoms with E-state index in [9.17, 15) is 0 Å². The van der Waals surface area contributed by atoms with E-state index in [2.05, 4.69) is 53.0 Å². The van der Waals surface area contributed by atoms with Crippen molar-refractivity contribution in [3.8, 4) is 0 Å². The van der Waals surface area contributed by atoms with E-state index in [1.165, 1.54) is 44.1 Å². The van der Waals surface area contributed by atoms with Gasteiger partial charge in [-0.1, -0.05) is 57.6 Å². The molecular formula is C21H32. The van der Waals surface area contributed by atoms with Crippen molar-refractivity contribution >= 4 is 0 Å². The average molecular weight is 284 g/mol. The summed E-state index contributed by atoms with van der Waals surface area (Å²) >= 11 is 0. The molecule has 0 aromatic carbocycles. The van der Waals surface area contributed by atoms with Gasteiger partial charge in [0.05, 0.1) is 0 Å². The van der Waals surface area contributed by atoms with Crippen LogP contribution in [0.1, 0.15) is 66.2 Å². The van der Waals surface area contributed by atoms with Gasteiger partial charge in [0.15, 0.2) is 0 Å². The van der Waals surface area contributed by atoms with E-state index in [1.54, 1.807) is 5.57 Å². The summed E-state index contributed by atoms with van der Waals surface area (Å²) in [6.45, 7) is 18.3. The zero-order valence-corrected chi connectivity index (χ0v) is 14.5. The number of hydrogen-bond donors (Lipinski definition) is 0. The Morgan fingerprint density at radius 3 is 2.57 bits per heavy atom. The monoisotopic (exact) mass is 284 g/mol. The van der Waals surface area contributed by atoms with Gasteiger partial charge in [0.1, 0.15) is 0 Å². The molecule has 0 saturated heterocycles. The molecule has 3 aliphatic carbocycles. The van der Waals surface area contributed by atoms with Crippen LogP contribution in [0.2, 0.25) is 0 Å². The fourth-order valence-electron chi connectivity index (χ4n) is 5.73. The molecule has 0 radical (unpaired) electrons. The van der Waals surface area contributed by atoms with Gasteiger partial charge in [0.25, 0.3) is 0 Å². The first-order valence-electron chi connectivity index (χ1n) is 8.75. The highest BCUT2D eigenvalue weighted by atomic mass is 14.6. The lowest BCUT2D eigenvalue weighted by molar-refractivity contribution is 0.0191. The summed E-state index contributed by atoms with van der Waals surface area (Å²) in [6, 6.07) is 0. The van der Waals surface area contributed by atoms with Crippen molar-refractivity contribution < 1.29 is 0 Å². The Balaban J connectivity index is 1.99. The molecule has 0 amide bonds. The van der Waals surface area contributed by atoms with Gasteiger partial charge in [0.2, 0.25) is 0 Å². The summed E-state index contributed by atoms with van der Waals surface area (Å²) in [7, 11) is 0. The first kappa shape index (κ1) is 15.1. The molecule has 21 heavy (non-hydrogen) atoms. The van der Waals surface area contributed by atoms with E-state index < -0.39 is 0 Å². The molecule has 2 saturated carbocycles. The molecule has 0 aromatic heterocycles. The maximum atomic E-state index is 4.40. The number of allylic oxidation sites excluding steroid dienone is 4. The van der Waals surface area contributed by atoms with Crippen molar-refractivity contribution in [2.75, 3.05) is 0 Å². The summed E-state index contributed by atoms with van der Waals surface area (Å²) < 4.78 is 0. The van der Waals surface area contributed by atoms with Crippen LogP contribution >= 0.6 is 0 Å². The van der Waals surface area contributed by atoms with Crippen molar-refractivity contribution in [3.05, 3.63) is 36.5 Å². The average Bonchev–Trinajstić information content (AvgIpc) is 2.43. The minimum Gasteiger partial charge on any atom is -0.103 e. The summed E-state index contributed by atoms with van der Waals surface area (Å²) in [5.41, 5.74) is 4.31. The first-order chi connectivity index (χ1) is 9.73. The maximum Gasteiger partial charge on any atom is -0.00742 e. The molecule has 2 fully saturated rings. The topological polar surface area (TPSA) is 0 Å². The van der Waals surface area contributed by atoms with Crippen molar-refractivity contribution in [1.82, 2.24) is 0 Å². The van der Waals surface area contributed by atoms with Gasteiger partial charge < -0.3 is 0 Å². The molecule has 0 N–H and O–H groups in total. The zero-order chi connectivity index (χ0) is 15.5. The van der Waals surface area contributed by atoms with Crippen LogP contribution in [-0.4, -0.2) is 0 Å². The fraction of sp³-hybridized carbons (Fsp3) is 0.714. The fourth-order valence-corrected chi connectivity index (χ4v) is 5.73. The van der Waals surface area contributed by atoms with E-state index >= 15 is 0 Å². The minimum atomic E-state index is 0.304. The van der Waals surface area contributed by atoms with Crippen molar-refractivity contribution in [3.63, 3.8) is 0 Å². The Hall–Kier alpha value is -0.780. The second-order valence-electron chi connectivity index (χ2n) is 9.00. The van der Waals surface area contributed by atoms with Crippen LogP contribution in [0, 0.1) is 28.1 Å². The van der Waals surface area contributed by atoms with Crippen LogP contribution in [0.15, 0.2) is 36.5 Å². The Morgan fingerprint density at radius 2 is 1.90 bits per heavy atom. The van der Waals surface area contributed by atoms with Gasteiger partial charge in [-0.05, 0) is 66.6 Å². The number of fused-ring (bicyclic) bond motifs is 3. The molecule has 0 spiro atoms. The molecule has 0 heteroatoms. The third-order valence-electron chi connectivity index (χ3n) is 7.39. The lowest BCUT2D eigenvalue weighted by Crippen LogP contribution is -2.49. The molecular weight excluding hydrogens is 252 g/mol. The summed E-state index contributed by atoms with van der Waals surface area (Å²) in [5.74, 6) is 1.58. The Morgan fingerprint density at radius 1 is 1.19 bits per heavy atom. The summed E-state index contributed by atoms with van der Waals surface area (Å²) in [4.78, 5) is 0. The smallest absolute Gasteiger partial charge is 0.00742 e. The highest BCUT2D eigenvalue weighted by molar-refractivity contribution is 5.31. The van der Waals surface area contributed by atoms with E-state index in [0.29, 0.717) is 16.2 Å². The van der Waals surface area contributed by atoms with Crippen LogP contribution in [0.5, 0.6) is 0 Å². The number of hydrogen-bond acceptors (Lipinski definition) is 0. The molecule has 0 heterocycles. The molecule has 0 bridgehead atoms.